The van der Waals surface area contributed by atoms with Crippen molar-refractivity contribution >= 4 is 29.4 Å². The van der Waals surface area contributed by atoms with Crippen molar-refractivity contribution in [1.29, 1.82) is 0 Å². The van der Waals surface area contributed by atoms with Crippen molar-refractivity contribution in [3.05, 3.63) is 35.4 Å². The first-order valence-electron chi connectivity index (χ1n) is 17.0. The Hall–Kier alpha value is -2.88. The Morgan fingerprint density at radius 3 is 1.96 bits per heavy atom. The minimum Gasteiger partial charge on any atom is -0.548 e. The molecule has 54 heavy (non-hydrogen) atoms. The molecule has 1 aliphatic heterocycles. The number of Topliss-reactive ketones (excluding diaryl/α,β-unsaturated/α-hetero) is 1. The fraction of sp³-hybridized carbons (Fsp3) is 0.588. The zero-order valence-electron chi connectivity index (χ0n) is 31.7. The molecule has 3 rings (SSSR count). The number of carbonyl (C=O) groups excluding carboxylic acids is 2. The molecule has 0 aliphatic carbocycles. The maximum Gasteiger partial charge on any atom is 1.00 e. The Kier molecular flexibility index (Phi) is 21.8. The summed E-state index contributed by atoms with van der Waals surface area (Å²) in [5.41, 5.74) is 11.6. The fourth-order valence-electron chi connectivity index (χ4n) is 5.28. The third-order valence-corrected chi connectivity index (χ3v) is 10.0. The molecule has 1 saturated heterocycles. The van der Waals surface area contributed by atoms with Crippen molar-refractivity contribution in [2.45, 2.75) is 81.9 Å². The number of phosphoric acid groups is 1. The summed E-state index contributed by atoms with van der Waals surface area (Å²) < 4.78 is 76.7. The van der Waals surface area contributed by atoms with Crippen LogP contribution in [0.3, 0.4) is 0 Å². The molecule has 0 radical (unpaired) electrons. The molecule has 2 aromatic rings. The topological polar surface area (TPSA) is 266 Å². The maximum atomic E-state index is 13.4. The normalized spacial score (nSPS) is 15.9. The van der Waals surface area contributed by atoms with Gasteiger partial charge in [-0.2, -0.15) is 0 Å². The first kappa shape index (κ1) is 49.1. The van der Waals surface area contributed by atoms with Gasteiger partial charge in [-0.25, -0.2) is 13.0 Å². The van der Waals surface area contributed by atoms with Gasteiger partial charge in [0.2, 0.25) is 5.75 Å². The van der Waals surface area contributed by atoms with Gasteiger partial charge in [-0.05, 0) is 81.0 Å². The number of hydrogen-bond acceptors (Lipinski definition) is 15. The van der Waals surface area contributed by atoms with E-state index in [-0.39, 0.29) is 67.6 Å². The second kappa shape index (κ2) is 23.9. The molecule has 20 heteroatoms. The zero-order valence-corrected chi connectivity index (χ0v) is 33.4. The summed E-state index contributed by atoms with van der Waals surface area (Å²) in [6.45, 7) is 3.47. The molecule has 300 valence electrons. The summed E-state index contributed by atoms with van der Waals surface area (Å²) in [7, 11) is -4.22. The molecule has 2 aromatic carbocycles. The van der Waals surface area contributed by atoms with E-state index >= 15 is 0 Å². The predicted octanol–water partition coefficient (Wildman–Crippen LogP) is -0.468. The Morgan fingerprint density at radius 2 is 1.48 bits per heavy atom. The van der Waals surface area contributed by atoms with Gasteiger partial charge in [-0.3, -0.25) is 9.32 Å². The largest absolute Gasteiger partial charge is 1.00 e. The number of aliphatic carboxylic acids is 1. The van der Waals surface area contributed by atoms with Crippen molar-refractivity contribution < 1.29 is 89.3 Å². The monoisotopic (exact) mass is 798 g/mol. The first-order valence-corrected chi connectivity index (χ1v) is 20.2. The Bertz CT molecular complexity index is 1630. The van der Waals surface area contributed by atoms with Crippen LogP contribution in [0.4, 0.5) is 0 Å². The molecule has 0 aromatic heterocycles. The summed E-state index contributed by atoms with van der Waals surface area (Å²) in [4.78, 5) is 39.5. The van der Waals surface area contributed by atoms with Gasteiger partial charge in [0.25, 0.3) is 0 Å². The van der Waals surface area contributed by atoms with E-state index in [4.69, 9.17) is 49.7 Å². The number of carbonyl (C=O) groups is 2. The third-order valence-electron chi connectivity index (χ3n) is 7.75. The Labute approximate surface area is 328 Å². The van der Waals surface area contributed by atoms with E-state index in [2.05, 4.69) is 4.52 Å². The summed E-state index contributed by atoms with van der Waals surface area (Å²) >= 11 is 0. The average molecular weight is 799 g/mol. The first-order chi connectivity index (χ1) is 25.0. The van der Waals surface area contributed by atoms with Crippen LogP contribution in [0.5, 0.6) is 28.7 Å². The molecule has 0 bridgehead atoms. The van der Waals surface area contributed by atoms with Crippen LogP contribution in [0, 0.1) is 0 Å². The minimum absolute atomic E-state index is 0. The van der Waals surface area contributed by atoms with Crippen molar-refractivity contribution in [3.63, 3.8) is 0 Å². The van der Waals surface area contributed by atoms with E-state index in [0.717, 1.165) is 18.4 Å². The van der Waals surface area contributed by atoms with Gasteiger partial charge in [0.05, 0.1) is 59.3 Å². The minimum atomic E-state index is -4.65. The van der Waals surface area contributed by atoms with Crippen LogP contribution < -0.4 is 59.1 Å². The zero-order chi connectivity index (χ0) is 39.8. The molecule has 17 nitrogen and oxygen atoms in total. The molecule has 0 spiro atoms. The number of phosphoric ester groups is 1. The molecule has 6 N–H and O–H groups in total. The second-order valence-corrected chi connectivity index (χ2v) is 15.2. The number of carboxylic acids is 1. The predicted molar refractivity (Wildman–Crippen MR) is 191 cm³/mol. The molecule has 1 unspecified atom stereocenters. The van der Waals surface area contributed by atoms with Gasteiger partial charge in [0.15, 0.2) is 32.8 Å². The van der Waals surface area contributed by atoms with Gasteiger partial charge in [-0.15, -0.1) is 0 Å². The Morgan fingerprint density at radius 1 is 0.907 bits per heavy atom. The average Bonchev–Trinajstić information content (AvgIpc) is 3.59. The summed E-state index contributed by atoms with van der Waals surface area (Å²) in [5, 5.41) is 10.0. The van der Waals surface area contributed by atoms with Crippen molar-refractivity contribution in [3.8, 4) is 28.7 Å². The quantitative estimate of drug-likeness (QED) is 0.0666. The van der Waals surface area contributed by atoms with Crippen LogP contribution in [-0.2, 0) is 33.3 Å². The van der Waals surface area contributed by atoms with Crippen LogP contribution in [0.2, 0.25) is 0 Å². The number of nitrogens with two attached hydrogens (primary N) is 2. The van der Waals surface area contributed by atoms with Crippen LogP contribution in [0.1, 0.15) is 82.1 Å². The third kappa shape index (κ3) is 15.7. The number of benzene rings is 2. The van der Waals surface area contributed by atoms with Crippen molar-refractivity contribution in [2.24, 2.45) is 11.5 Å². The molecule has 1 fully saturated rings. The van der Waals surface area contributed by atoms with Crippen LogP contribution in [0.25, 0.3) is 0 Å². The van der Waals surface area contributed by atoms with E-state index in [1.165, 1.54) is 34.3 Å². The van der Waals surface area contributed by atoms with Crippen LogP contribution >= 0.6 is 7.82 Å². The van der Waals surface area contributed by atoms with E-state index in [1.54, 1.807) is 18.2 Å². The summed E-state index contributed by atoms with van der Waals surface area (Å²) in [5.74, 6) is -1.01. The van der Waals surface area contributed by atoms with Crippen LogP contribution in [-0.4, -0.2) is 89.4 Å². The Balaban J connectivity index is 0.00000116. The van der Waals surface area contributed by atoms with Crippen LogP contribution in [0.15, 0.2) is 29.2 Å². The summed E-state index contributed by atoms with van der Waals surface area (Å²) in [6, 6.07) is 5.85. The fourth-order valence-corrected chi connectivity index (χ4v) is 7.09. The maximum absolute atomic E-state index is 13.4. The molecule has 1 aliphatic rings. The number of unbranched alkanes of at least 4 members (excludes halogenated alkanes) is 1. The summed E-state index contributed by atoms with van der Waals surface area (Å²) in [6.07, 6.45) is 2.94. The van der Waals surface area contributed by atoms with Gasteiger partial charge in [0.1, 0.15) is 16.4 Å². The van der Waals surface area contributed by atoms with E-state index in [1.807, 2.05) is 6.92 Å². The smallest absolute Gasteiger partial charge is 0.548 e. The molecule has 1 heterocycles. The number of ether oxygens (including phenoxy) is 6. The van der Waals surface area contributed by atoms with E-state index in [0.29, 0.717) is 55.0 Å². The molecular weight excluding hydrogens is 746 g/mol. The molecule has 0 saturated carbocycles. The number of carboxylic acid groups (broad SMARTS) is 1. The second-order valence-electron chi connectivity index (χ2n) is 12.0. The van der Waals surface area contributed by atoms with Gasteiger partial charge >= 0.3 is 26.7 Å². The number of ketones is 1. The van der Waals surface area contributed by atoms with Gasteiger partial charge in [-0.1, -0.05) is 13.3 Å². The number of rotatable bonds is 22. The SMILES string of the molecule is CCCOc1c(OCCCOP(=O)(O)O)cc([C@@H]2CC[C@@H](c3cc(OC)c(OC)c(OC)c3)O2)cc1S(=O)(=O)CC(C)=O.NCCCCC(N)C(=O)[O-].[Li+]. The van der Waals surface area contributed by atoms with Gasteiger partial charge in [0, 0.05) is 12.5 Å². The molecule has 0 amide bonds. The molecular formula is C34H52LiN2O15PS. The number of sulfone groups is 1. The number of methoxy groups -OCH3 is 3. The number of hydrogen-bond donors (Lipinski definition) is 4. The van der Waals surface area contributed by atoms with Crippen molar-refractivity contribution in [2.75, 3.05) is 53.4 Å². The van der Waals surface area contributed by atoms with Crippen molar-refractivity contribution in [1.82, 2.24) is 0 Å². The molecule has 3 atom stereocenters. The van der Waals surface area contributed by atoms with E-state index < -0.39 is 47.3 Å². The standard InChI is InChI=1S/C28H39O13PS.C6H14N2O2.Li/c1-6-10-39-28-25(38-11-7-12-40-42(30,31)32)15-20(16-26(28)43(33,34)17-18(2)29)22-9-8-21(41-22)19-13-23(35-3)27(37-5)24(14-19)36-4;7-4-2-1-3-5(8)6(9)10;/h13-16,21-22H,6-12,17H2,1-5H3,(H2,30,31,32);5H,1-4,7-8H2,(H,9,10);/q;;+1/p-1/t21-,22-;;/m0../s1. The van der Waals surface area contributed by atoms with E-state index in [9.17, 15) is 27.7 Å². The van der Waals surface area contributed by atoms with Gasteiger partial charge < -0.3 is 59.6 Å².